The molecule has 120 valence electrons. The predicted octanol–water partition coefficient (Wildman–Crippen LogP) is 5.55. The Balaban J connectivity index is 1.80. The number of nitrogens with one attached hydrogen (secondary N) is 1. The van der Waals surface area contributed by atoms with E-state index in [0.29, 0.717) is 11.5 Å². The molecular weight excluding hydrogens is 258 g/mol. The van der Waals surface area contributed by atoms with Crippen LogP contribution in [0.2, 0.25) is 0 Å². The highest BCUT2D eigenvalue weighted by molar-refractivity contribution is 5.29. The number of aryl methyl sites for hydroxylation is 1. The van der Waals surface area contributed by atoms with Crippen LogP contribution < -0.4 is 5.32 Å². The van der Waals surface area contributed by atoms with Crippen molar-refractivity contribution < 1.29 is 4.42 Å². The van der Waals surface area contributed by atoms with E-state index in [-0.39, 0.29) is 0 Å². The van der Waals surface area contributed by atoms with Crippen LogP contribution in [0.3, 0.4) is 0 Å². The van der Waals surface area contributed by atoms with Crippen LogP contribution in [0.1, 0.15) is 88.8 Å². The molecule has 1 aliphatic rings. The second-order valence-electron chi connectivity index (χ2n) is 7.56. The van der Waals surface area contributed by atoms with Gasteiger partial charge in [-0.25, -0.2) is 0 Å². The molecule has 2 heteroatoms. The number of hydrogen-bond acceptors (Lipinski definition) is 2. The van der Waals surface area contributed by atoms with E-state index < -0.39 is 0 Å². The van der Waals surface area contributed by atoms with E-state index in [1.807, 2.05) is 0 Å². The van der Waals surface area contributed by atoms with Crippen molar-refractivity contribution >= 4 is 0 Å². The van der Waals surface area contributed by atoms with Gasteiger partial charge in [0, 0.05) is 18.0 Å². The lowest BCUT2D eigenvalue weighted by atomic mass is 9.74. The Morgan fingerprint density at radius 1 is 1.19 bits per heavy atom. The molecule has 0 saturated heterocycles. The maximum absolute atomic E-state index is 5.90. The van der Waals surface area contributed by atoms with Crippen LogP contribution in [0.4, 0.5) is 0 Å². The molecule has 0 saturated carbocycles. The Morgan fingerprint density at radius 3 is 2.67 bits per heavy atom. The molecule has 1 N–H and O–H groups in total. The largest absolute Gasteiger partial charge is 0.466 e. The van der Waals surface area contributed by atoms with Crippen LogP contribution in [0.25, 0.3) is 0 Å². The van der Waals surface area contributed by atoms with Crippen molar-refractivity contribution in [1.82, 2.24) is 5.32 Å². The Kier molecular flexibility index (Phi) is 5.92. The van der Waals surface area contributed by atoms with Gasteiger partial charge in [-0.05, 0) is 37.8 Å². The maximum Gasteiger partial charge on any atom is 0.109 e. The molecule has 0 fully saturated rings. The topological polar surface area (TPSA) is 25.2 Å². The first-order valence-electron chi connectivity index (χ1n) is 8.84. The molecule has 21 heavy (non-hydrogen) atoms. The van der Waals surface area contributed by atoms with Gasteiger partial charge in [0.15, 0.2) is 0 Å². The second-order valence-corrected chi connectivity index (χ2v) is 7.56. The lowest BCUT2D eigenvalue weighted by molar-refractivity contribution is 0.234. The van der Waals surface area contributed by atoms with Gasteiger partial charge in [-0.1, -0.05) is 52.9 Å². The summed E-state index contributed by atoms with van der Waals surface area (Å²) in [5.74, 6) is 2.27. The predicted molar refractivity (Wildman–Crippen MR) is 89.7 cm³/mol. The van der Waals surface area contributed by atoms with Crippen molar-refractivity contribution in [2.24, 2.45) is 5.41 Å². The Morgan fingerprint density at radius 2 is 1.90 bits per heavy atom. The summed E-state index contributed by atoms with van der Waals surface area (Å²) in [7, 11) is 0. The zero-order chi connectivity index (χ0) is 15.3. The maximum atomic E-state index is 5.90. The summed E-state index contributed by atoms with van der Waals surface area (Å²) in [6.45, 7) is 10.2. The summed E-state index contributed by atoms with van der Waals surface area (Å²) < 4.78 is 5.90. The highest BCUT2D eigenvalue weighted by Crippen LogP contribution is 2.41. The normalized spacial score (nSPS) is 20.5. The zero-order valence-corrected chi connectivity index (χ0v) is 14.4. The van der Waals surface area contributed by atoms with E-state index in [9.17, 15) is 0 Å². The summed E-state index contributed by atoms with van der Waals surface area (Å²) >= 11 is 0. The molecule has 1 aliphatic carbocycles. The average Bonchev–Trinajstić information content (AvgIpc) is 2.76. The summed E-state index contributed by atoms with van der Waals surface area (Å²) in [5.41, 5.74) is 1.76. The molecule has 0 bridgehead atoms. The van der Waals surface area contributed by atoms with E-state index in [4.69, 9.17) is 4.42 Å². The number of furan rings is 1. The molecule has 1 heterocycles. The monoisotopic (exact) mass is 291 g/mol. The minimum atomic E-state index is 0.343. The second kappa shape index (κ2) is 7.49. The fraction of sp³-hybridized carbons (Fsp3) is 0.789. The molecule has 0 amide bonds. The van der Waals surface area contributed by atoms with Crippen LogP contribution in [-0.2, 0) is 6.42 Å². The van der Waals surface area contributed by atoms with E-state index in [2.05, 4.69) is 39.1 Å². The van der Waals surface area contributed by atoms with Gasteiger partial charge in [-0.3, -0.25) is 0 Å². The van der Waals surface area contributed by atoms with Gasteiger partial charge in [-0.15, -0.1) is 0 Å². The third kappa shape index (κ3) is 4.88. The highest BCUT2D eigenvalue weighted by atomic mass is 16.3. The van der Waals surface area contributed by atoms with Crippen LogP contribution in [0, 0.1) is 12.3 Å². The molecule has 1 atom stereocenters. The molecule has 2 rings (SSSR count). The summed E-state index contributed by atoms with van der Waals surface area (Å²) in [6, 6.07) is 2.72. The minimum Gasteiger partial charge on any atom is -0.466 e. The van der Waals surface area contributed by atoms with Crippen molar-refractivity contribution in [2.45, 2.75) is 85.1 Å². The van der Waals surface area contributed by atoms with Gasteiger partial charge < -0.3 is 9.73 Å². The minimum absolute atomic E-state index is 0.343. The first-order chi connectivity index (χ1) is 10.0. The Bertz CT molecular complexity index is 433. The fourth-order valence-electron chi connectivity index (χ4n) is 3.55. The molecule has 2 nitrogen and oxygen atoms in total. The first-order valence-corrected chi connectivity index (χ1v) is 8.84. The molecule has 0 spiro atoms. The highest BCUT2D eigenvalue weighted by Gasteiger charge is 2.34. The lowest BCUT2D eigenvalue weighted by Gasteiger charge is -2.34. The molecule has 1 aromatic heterocycles. The molecule has 1 aromatic rings. The summed E-state index contributed by atoms with van der Waals surface area (Å²) in [6.07, 6.45) is 10.5. The van der Waals surface area contributed by atoms with Crippen LogP contribution >= 0.6 is 0 Å². The lowest BCUT2D eigenvalue weighted by Crippen LogP contribution is -2.33. The van der Waals surface area contributed by atoms with Crippen molar-refractivity contribution in [1.29, 1.82) is 0 Å². The molecule has 0 aliphatic heterocycles. The smallest absolute Gasteiger partial charge is 0.109 e. The van der Waals surface area contributed by atoms with Gasteiger partial charge in [0.2, 0.25) is 0 Å². The van der Waals surface area contributed by atoms with Crippen LogP contribution in [0.15, 0.2) is 10.5 Å². The third-order valence-corrected chi connectivity index (χ3v) is 4.66. The Labute approximate surface area is 130 Å². The molecule has 0 aromatic carbocycles. The van der Waals surface area contributed by atoms with Gasteiger partial charge in [0.1, 0.15) is 11.5 Å². The zero-order valence-electron chi connectivity index (χ0n) is 14.4. The van der Waals surface area contributed by atoms with Crippen LogP contribution in [-0.4, -0.2) is 6.54 Å². The van der Waals surface area contributed by atoms with Gasteiger partial charge in [0.05, 0.1) is 0 Å². The molecular formula is C19H33NO. The van der Waals surface area contributed by atoms with Gasteiger partial charge in [0.25, 0.3) is 0 Å². The summed E-state index contributed by atoms with van der Waals surface area (Å²) in [4.78, 5) is 0. The van der Waals surface area contributed by atoms with Crippen molar-refractivity contribution in [3.8, 4) is 0 Å². The van der Waals surface area contributed by atoms with E-state index >= 15 is 0 Å². The van der Waals surface area contributed by atoms with Crippen molar-refractivity contribution in [2.75, 3.05) is 6.54 Å². The first kappa shape index (κ1) is 16.6. The van der Waals surface area contributed by atoms with Gasteiger partial charge >= 0.3 is 0 Å². The quantitative estimate of drug-likeness (QED) is 0.635. The molecule has 1 unspecified atom stereocenters. The SMILES string of the molecule is CCCCCCCCNC1CC(C)(C)Cc2oc(C)cc21. The summed E-state index contributed by atoms with van der Waals surface area (Å²) in [5, 5.41) is 3.78. The number of unbranched alkanes of at least 4 members (excludes halogenated alkanes) is 5. The van der Waals surface area contributed by atoms with Crippen molar-refractivity contribution in [3.63, 3.8) is 0 Å². The average molecular weight is 291 g/mol. The van der Waals surface area contributed by atoms with E-state index in [1.165, 1.54) is 56.3 Å². The standard InChI is InChI=1S/C19H33NO/c1-5-6-7-8-9-10-11-20-17-13-19(3,4)14-18-16(17)12-15(2)21-18/h12,17,20H,5-11,13-14H2,1-4H3. The van der Waals surface area contributed by atoms with E-state index in [1.54, 1.807) is 0 Å². The van der Waals surface area contributed by atoms with Gasteiger partial charge in [-0.2, -0.15) is 0 Å². The number of hydrogen-bond donors (Lipinski definition) is 1. The third-order valence-electron chi connectivity index (χ3n) is 4.66. The molecule has 0 radical (unpaired) electrons. The van der Waals surface area contributed by atoms with E-state index in [0.717, 1.165) is 18.7 Å². The Hall–Kier alpha value is -0.760. The number of rotatable bonds is 8. The van der Waals surface area contributed by atoms with Crippen molar-refractivity contribution in [3.05, 3.63) is 23.2 Å². The van der Waals surface area contributed by atoms with Crippen LogP contribution in [0.5, 0.6) is 0 Å². The number of fused-ring (bicyclic) bond motifs is 1. The fourth-order valence-corrected chi connectivity index (χ4v) is 3.55.